The van der Waals surface area contributed by atoms with Gasteiger partial charge in [0.1, 0.15) is 0 Å². The minimum absolute atomic E-state index is 0.573. The second kappa shape index (κ2) is 12.6. The molecule has 0 aromatic heterocycles. The molecule has 0 bridgehead atoms. The first-order valence-electron chi connectivity index (χ1n) is 7.81. The Kier molecular flexibility index (Phi) is 11.1. The molecular weight excluding hydrogens is 240 g/mol. The molecule has 0 radical (unpaired) electrons. The van der Waals surface area contributed by atoms with Crippen LogP contribution < -0.4 is 0 Å². The number of hydrogen-bond acceptors (Lipinski definition) is 3. The highest BCUT2D eigenvalue weighted by atomic mass is 16.6. The molecule has 0 spiro atoms. The Morgan fingerprint density at radius 3 is 1.95 bits per heavy atom. The van der Waals surface area contributed by atoms with Gasteiger partial charge in [0.15, 0.2) is 0 Å². The van der Waals surface area contributed by atoms with Crippen molar-refractivity contribution in [2.24, 2.45) is 0 Å². The predicted molar refractivity (Wildman–Crippen MR) is 78.5 cm³/mol. The molecule has 1 unspecified atom stereocenters. The van der Waals surface area contributed by atoms with Gasteiger partial charge < -0.3 is 14.2 Å². The fourth-order valence-corrected chi connectivity index (χ4v) is 1.92. The van der Waals surface area contributed by atoms with Crippen LogP contribution in [0.2, 0.25) is 0 Å². The molecule has 3 heteroatoms. The molecule has 1 aliphatic heterocycles. The van der Waals surface area contributed by atoms with Crippen LogP contribution in [-0.4, -0.2) is 39.1 Å². The third-order valence-corrected chi connectivity index (χ3v) is 3.24. The summed E-state index contributed by atoms with van der Waals surface area (Å²) >= 11 is 0. The molecule has 1 atom stereocenters. The van der Waals surface area contributed by atoms with E-state index >= 15 is 0 Å². The standard InChI is InChI=1S/C16H30O3/c1-2-3-4-6-11-17-13-8-9-14-18-12-7-5-10-16-15-19-16/h2,16H,1,3-15H2. The van der Waals surface area contributed by atoms with E-state index in [4.69, 9.17) is 14.2 Å². The normalized spacial score (nSPS) is 17.6. The number of rotatable bonds is 15. The monoisotopic (exact) mass is 270 g/mol. The van der Waals surface area contributed by atoms with Crippen LogP contribution in [0.1, 0.15) is 51.4 Å². The molecule has 1 fully saturated rings. The fraction of sp³-hybridized carbons (Fsp3) is 0.875. The number of epoxide rings is 1. The van der Waals surface area contributed by atoms with Gasteiger partial charge in [-0.25, -0.2) is 0 Å². The fourth-order valence-electron chi connectivity index (χ4n) is 1.92. The molecule has 0 aromatic carbocycles. The van der Waals surface area contributed by atoms with E-state index in [1.165, 1.54) is 25.7 Å². The Hall–Kier alpha value is -0.380. The lowest BCUT2D eigenvalue weighted by Crippen LogP contribution is -2.01. The van der Waals surface area contributed by atoms with Crippen LogP contribution in [0.25, 0.3) is 0 Å². The van der Waals surface area contributed by atoms with Gasteiger partial charge in [0, 0.05) is 26.4 Å². The topological polar surface area (TPSA) is 31.0 Å². The summed E-state index contributed by atoms with van der Waals surface area (Å²) in [5.41, 5.74) is 0. The van der Waals surface area contributed by atoms with Gasteiger partial charge in [0.05, 0.1) is 12.7 Å². The van der Waals surface area contributed by atoms with Crippen molar-refractivity contribution in [3.05, 3.63) is 12.7 Å². The Bertz CT molecular complexity index is 202. The molecule has 0 aromatic rings. The van der Waals surface area contributed by atoms with Crippen LogP contribution in [0.3, 0.4) is 0 Å². The van der Waals surface area contributed by atoms with Gasteiger partial charge in [-0.15, -0.1) is 6.58 Å². The number of hydrogen-bond donors (Lipinski definition) is 0. The van der Waals surface area contributed by atoms with E-state index in [0.29, 0.717) is 6.10 Å². The van der Waals surface area contributed by atoms with Gasteiger partial charge in [-0.1, -0.05) is 6.08 Å². The van der Waals surface area contributed by atoms with E-state index in [1.807, 2.05) is 6.08 Å². The summed E-state index contributed by atoms with van der Waals surface area (Å²) in [6.45, 7) is 8.22. The maximum absolute atomic E-state index is 5.59. The van der Waals surface area contributed by atoms with E-state index in [1.54, 1.807) is 0 Å². The summed E-state index contributed by atoms with van der Waals surface area (Å²) in [5, 5.41) is 0. The minimum Gasteiger partial charge on any atom is -0.381 e. The zero-order valence-corrected chi connectivity index (χ0v) is 12.3. The molecule has 0 aliphatic carbocycles. The van der Waals surface area contributed by atoms with Gasteiger partial charge in [0.25, 0.3) is 0 Å². The van der Waals surface area contributed by atoms with Crippen LogP contribution in [-0.2, 0) is 14.2 Å². The summed E-state index contributed by atoms with van der Waals surface area (Å²) < 4.78 is 16.3. The van der Waals surface area contributed by atoms with Crippen LogP contribution in [0.4, 0.5) is 0 Å². The van der Waals surface area contributed by atoms with Crippen molar-refractivity contribution in [1.82, 2.24) is 0 Å². The van der Waals surface area contributed by atoms with Crippen LogP contribution in [0.5, 0.6) is 0 Å². The predicted octanol–water partition coefficient (Wildman–Crippen LogP) is 3.73. The second-order valence-corrected chi connectivity index (χ2v) is 5.17. The van der Waals surface area contributed by atoms with Crippen molar-refractivity contribution in [1.29, 1.82) is 0 Å². The van der Waals surface area contributed by atoms with Crippen molar-refractivity contribution < 1.29 is 14.2 Å². The average Bonchev–Trinajstić information content (AvgIpc) is 3.23. The Labute approximate surface area is 118 Å². The van der Waals surface area contributed by atoms with Gasteiger partial charge in [-0.2, -0.15) is 0 Å². The first kappa shape index (κ1) is 16.7. The highest BCUT2D eigenvalue weighted by Crippen LogP contribution is 2.16. The van der Waals surface area contributed by atoms with Gasteiger partial charge in [-0.3, -0.25) is 0 Å². The first-order chi connectivity index (χ1) is 9.43. The molecule has 112 valence electrons. The maximum Gasteiger partial charge on any atom is 0.0810 e. The molecule has 1 aliphatic rings. The summed E-state index contributed by atoms with van der Waals surface area (Å²) in [4.78, 5) is 0. The maximum atomic E-state index is 5.59. The Morgan fingerprint density at radius 2 is 1.42 bits per heavy atom. The SMILES string of the molecule is C=CCCCCOCCCCOCCCCC1CO1. The molecule has 1 saturated heterocycles. The molecule has 0 saturated carbocycles. The van der Waals surface area contributed by atoms with Crippen molar-refractivity contribution in [3.63, 3.8) is 0 Å². The van der Waals surface area contributed by atoms with Gasteiger partial charge in [0.2, 0.25) is 0 Å². The van der Waals surface area contributed by atoms with Crippen molar-refractivity contribution in [3.8, 4) is 0 Å². The van der Waals surface area contributed by atoms with Gasteiger partial charge in [-0.05, 0) is 51.4 Å². The van der Waals surface area contributed by atoms with E-state index in [-0.39, 0.29) is 0 Å². The lowest BCUT2D eigenvalue weighted by molar-refractivity contribution is 0.0993. The molecule has 19 heavy (non-hydrogen) atoms. The minimum atomic E-state index is 0.573. The smallest absolute Gasteiger partial charge is 0.0810 e. The third kappa shape index (κ3) is 12.4. The first-order valence-corrected chi connectivity index (χ1v) is 7.81. The largest absolute Gasteiger partial charge is 0.381 e. The number of allylic oxidation sites excluding steroid dienone is 1. The van der Waals surface area contributed by atoms with E-state index in [9.17, 15) is 0 Å². The second-order valence-electron chi connectivity index (χ2n) is 5.17. The average molecular weight is 270 g/mol. The molecule has 0 N–H and O–H groups in total. The highest BCUT2D eigenvalue weighted by molar-refractivity contribution is 4.68. The third-order valence-electron chi connectivity index (χ3n) is 3.24. The Morgan fingerprint density at radius 1 is 0.895 bits per heavy atom. The highest BCUT2D eigenvalue weighted by Gasteiger charge is 2.20. The van der Waals surface area contributed by atoms with Crippen LogP contribution in [0, 0.1) is 0 Å². The lowest BCUT2D eigenvalue weighted by Gasteiger charge is -2.05. The van der Waals surface area contributed by atoms with Crippen LogP contribution >= 0.6 is 0 Å². The number of ether oxygens (including phenoxy) is 3. The van der Waals surface area contributed by atoms with Crippen molar-refractivity contribution in [2.75, 3.05) is 33.0 Å². The summed E-state index contributed by atoms with van der Waals surface area (Å²) in [6.07, 6.45) is 11.8. The van der Waals surface area contributed by atoms with Crippen LogP contribution in [0.15, 0.2) is 12.7 Å². The lowest BCUT2D eigenvalue weighted by atomic mass is 10.2. The van der Waals surface area contributed by atoms with E-state index < -0.39 is 0 Å². The zero-order chi connectivity index (χ0) is 13.6. The molecule has 1 rings (SSSR count). The number of unbranched alkanes of at least 4 members (excludes halogenated alkanes) is 4. The molecule has 0 amide bonds. The van der Waals surface area contributed by atoms with Crippen molar-refractivity contribution in [2.45, 2.75) is 57.5 Å². The quantitative estimate of drug-likeness (QED) is 0.258. The van der Waals surface area contributed by atoms with Gasteiger partial charge >= 0.3 is 0 Å². The zero-order valence-electron chi connectivity index (χ0n) is 12.3. The molecular formula is C16H30O3. The van der Waals surface area contributed by atoms with E-state index in [0.717, 1.165) is 58.7 Å². The summed E-state index contributed by atoms with van der Waals surface area (Å²) in [5.74, 6) is 0. The molecule has 3 nitrogen and oxygen atoms in total. The van der Waals surface area contributed by atoms with Crippen molar-refractivity contribution >= 4 is 0 Å². The molecule has 1 heterocycles. The summed E-state index contributed by atoms with van der Waals surface area (Å²) in [6, 6.07) is 0. The van der Waals surface area contributed by atoms with E-state index in [2.05, 4.69) is 6.58 Å². The summed E-state index contributed by atoms with van der Waals surface area (Å²) in [7, 11) is 0. The Balaban J connectivity index is 1.61.